The first kappa shape index (κ1) is 94.5. The lowest BCUT2D eigenvalue weighted by molar-refractivity contribution is -0.119. The molecule has 25 heteroatoms. The number of H-pyrrole nitrogens is 1. The van der Waals surface area contributed by atoms with Crippen LogP contribution in [0, 0.1) is 23.3 Å². The van der Waals surface area contributed by atoms with Crippen LogP contribution in [0.2, 0.25) is 0 Å². The number of Topliss-reactive ketones (excluding diaryl/α,β-unsaturated/α-hetero) is 4. The first-order valence-electron chi connectivity index (χ1n) is 42.7. The van der Waals surface area contributed by atoms with E-state index >= 15 is 0 Å². The molecule has 0 amide bonds. The quantitative estimate of drug-likeness (QED) is 0.0199. The van der Waals surface area contributed by atoms with Gasteiger partial charge >= 0.3 is 0 Å². The summed E-state index contributed by atoms with van der Waals surface area (Å²) in [6, 6.07) is 36.3. The van der Waals surface area contributed by atoms with Crippen molar-refractivity contribution in [3.63, 3.8) is 0 Å². The number of aromatic amines is 1. The second kappa shape index (κ2) is 42.9. The third-order valence-corrected chi connectivity index (χ3v) is 23.8. The number of hydrogen-bond acceptors (Lipinski definition) is 20. The molecule has 0 saturated carbocycles. The summed E-state index contributed by atoms with van der Waals surface area (Å²) in [5, 5.41) is 40.9. The molecule has 0 fully saturated rings. The van der Waals surface area contributed by atoms with Gasteiger partial charge in [0.15, 0.2) is 51.8 Å². The number of nitrogens with zero attached hydrogens (tertiary/aromatic N) is 4. The summed E-state index contributed by atoms with van der Waals surface area (Å²) in [5.41, 5.74) is 24.8. The third kappa shape index (κ3) is 21.7. The average Bonchev–Trinajstić information content (AvgIpc) is 1.63. The zero-order valence-corrected chi connectivity index (χ0v) is 75.3. The van der Waals surface area contributed by atoms with Gasteiger partial charge in [-0.2, -0.15) is 0 Å². The zero-order valence-electron chi connectivity index (χ0n) is 75.3. The number of aromatic hydroxyl groups is 4. The van der Waals surface area contributed by atoms with E-state index in [0.717, 1.165) is 157 Å². The van der Waals surface area contributed by atoms with Crippen molar-refractivity contribution < 1.29 is 95.1 Å². The fourth-order valence-electron chi connectivity index (χ4n) is 17.0. The zero-order chi connectivity index (χ0) is 94.1. The molecule has 678 valence electrons. The lowest BCUT2D eigenvalue weighted by atomic mass is 9.97. The van der Waals surface area contributed by atoms with Crippen LogP contribution < -0.4 is 37.9 Å². The molecule has 10 aromatic rings. The number of carbonyl (C=O) groups excluding carboxylic acids is 4. The number of aromatic nitrogens is 3. The Morgan fingerprint density at radius 2 is 0.720 bits per heavy atom. The predicted molar refractivity (Wildman–Crippen MR) is 507 cm³/mol. The van der Waals surface area contributed by atoms with E-state index in [1.165, 1.54) is 118 Å². The largest absolute Gasteiger partial charge is 0.502 e. The summed E-state index contributed by atoms with van der Waals surface area (Å²) < 4.78 is 98.7. The first-order valence-corrected chi connectivity index (χ1v) is 42.7. The summed E-state index contributed by atoms with van der Waals surface area (Å²) >= 11 is 0. The van der Waals surface area contributed by atoms with Crippen LogP contribution in [0.5, 0.6) is 69.0 Å². The number of imidazole rings is 1. The van der Waals surface area contributed by atoms with E-state index in [2.05, 4.69) is 24.9 Å². The molecule has 0 spiro atoms. The molecule has 6 aliphatic rings. The summed E-state index contributed by atoms with van der Waals surface area (Å²) in [6.45, 7) is 8.53. The number of carbonyl (C=O) groups is 4. The van der Waals surface area contributed by atoms with Gasteiger partial charge in [0.05, 0.1) is 75.9 Å². The highest BCUT2D eigenvalue weighted by molar-refractivity contribution is 6.10. The molecule has 8 aromatic carbocycles. The number of aliphatic imine (C=N–C) groups is 2. The highest BCUT2D eigenvalue weighted by Gasteiger charge is 2.32. The lowest BCUT2D eigenvalue weighted by Gasteiger charge is -2.11. The maximum Gasteiger partial charge on any atom is 0.200 e. The van der Waals surface area contributed by atoms with Crippen molar-refractivity contribution in [2.24, 2.45) is 9.98 Å². The van der Waals surface area contributed by atoms with Crippen molar-refractivity contribution >= 4 is 104 Å². The molecule has 2 aliphatic heterocycles. The SMILES string of the molecule is COc1cc(C=C2C(C)=C(CCC(=O)CC3=CC=NC3)c3cc(F)ccc32)cc(OC)c1O.COc1cc(C=C2C(C)=C(CCC(=O)CC3=CN=CC3)c3cc(F)ccc32)cc(OC)c1O.COc1cc(C=C2C(C)=C(CCC(=O)Cc3cccnc3)c3cc(F)ccc32)cc(OC)c1O.COc1cc(C=C2C(C)=C(CCC(=O)c3cnc[nH]3)c3cc(F)ccc32)cc(OC)c1O. The topological polar surface area (TPSA) is 289 Å². The van der Waals surface area contributed by atoms with E-state index in [9.17, 15) is 57.2 Å². The fraction of sp³-hybridized carbons (Fsp3) is 0.234. The number of ketones is 4. The van der Waals surface area contributed by atoms with Gasteiger partial charge in [-0.3, -0.25) is 34.1 Å². The number of hydrogen-bond donors (Lipinski definition) is 5. The minimum absolute atomic E-state index is 0.0498. The van der Waals surface area contributed by atoms with Gasteiger partial charge in [0.2, 0.25) is 23.0 Å². The molecule has 4 aliphatic carbocycles. The summed E-state index contributed by atoms with van der Waals surface area (Å²) in [5.74, 6) is 1.20. The monoisotopic (exact) mass is 1790 g/mol. The number of fused-ring (bicyclic) bond motifs is 4. The number of benzene rings is 8. The van der Waals surface area contributed by atoms with Gasteiger partial charge in [0.1, 0.15) is 46.3 Å². The van der Waals surface area contributed by atoms with E-state index in [0.29, 0.717) is 122 Å². The van der Waals surface area contributed by atoms with E-state index in [-0.39, 0.29) is 75.8 Å². The average molecular weight is 1790 g/mol. The van der Waals surface area contributed by atoms with Gasteiger partial charge in [-0.05, 0) is 337 Å². The Kier molecular flexibility index (Phi) is 30.7. The molecule has 0 bridgehead atoms. The van der Waals surface area contributed by atoms with Crippen molar-refractivity contribution in [1.82, 2.24) is 15.0 Å². The summed E-state index contributed by atoms with van der Waals surface area (Å²) in [6.07, 6.45) is 26.7. The van der Waals surface area contributed by atoms with Crippen LogP contribution in [0.3, 0.4) is 0 Å². The van der Waals surface area contributed by atoms with Crippen LogP contribution in [-0.4, -0.2) is 134 Å². The van der Waals surface area contributed by atoms with Gasteiger partial charge in [0.25, 0.3) is 0 Å². The molecular weight excluding hydrogens is 1690 g/mol. The minimum atomic E-state index is -0.330. The lowest BCUT2D eigenvalue weighted by Crippen LogP contribution is -2.03. The number of phenolic OH excluding ortho intramolecular Hbond substituents is 4. The summed E-state index contributed by atoms with van der Waals surface area (Å²) in [7, 11) is 11.8. The Morgan fingerprint density at radius 3 is 1.00 bits per heavy atom. The number of ether oxygens (including phenoxy) is 8. The Morgan fingerprint density at radius 1 is 0.394 bits per heavy atom. The number of nitrogens with one attached hydrogen (secondary N) is 1. The Hall–Kier alpha value is -15.1. The fourth-order valence-corrected chi connectivity index (χ4v) is 17.0. The molecule has 132 heavy (non-hydrogen) atoms. The van der Waals surface area contributed by atoms with Crippen molar-refractivity contribution in [3.8, 4) is 69.0 Å². The Balaban J connectivity index is 0.000000150. The maximum absolute atomic E-state index is 14.2. The Bertz CT molecular complexity index is 6290. The van der Waals surface area contributed by atoms with Gasteiger partial charge < -0.3 is 63.3 Å². The second-order valence-corrected chi connectivity index (χ2v) is 32.0. The maximum atomic E-state index is 14.2. The number of halogens is 4. The van der Waals surface area contributed by atoms with Crippen LogP contribution in [0.1, 0.15) is 181 Å². The van der Waals surface area contributed by atoms with Gasteiger partial charge in [0, 0.05) is 82.4 Å². The van der Waals surface area contributed by atoms with Crippen LogP contribution in [-0.2, 0) is 20.8 Å². The predicted octanol–water partition coefficient (Wildman–Crippen LogP) is 22.7. The number of methoxy groups -OCH3 is 8. The van der Waals surface area contributed by atoms with Crippen molar-refractivity contribution in [2.75, 3.05) is 63.4 Å². The second-order valence-electron chi connectivity index (χ2n) is 32.0. The molecule has 0 atom stereocenters. The number of pyridine rings is 1. The van der Waals surface area contributed by atoms with Gasteiger partial charge in [-0.15, -0.1) is 0 Å². The van der Waals surface area contributed by atoms with Crippen LogP contribution in [0.15, 0.2) is 214 Å². The van der Waals surface area contributed by atoms with Crippen LogP contribution >= 0.6 is 0 Å². The number of rotatable bonds is 31. The minimum Gasteiger partial charge on any atom is -0.502 e. The normalized spacial score (nSPS) is 14.8. The molecule has 0 unspecified atom stereocenters. The Labute approximate surface area is 762 Å². The third-order valence-electron chi connectivity index (χ3n) is 23.8. The molecule has 2 aromatic heterocycles. The first-order chi connectivity index (χ1) is 63.6. The highest BCUT2D eigenvalue weighted by Crippen LogP contribution is 2.52. The van der Waals surface area contributed by atoms with Crippen molar-refractivity contribution in [1.29, 1.82) is 0 Å². The van der Waals surface area contributed by atoms with E-state index in [1.807, 2.05) is 70.2 Å². The molecular formula is C107H101F4N5O16. The number of allylic oxidation sites excluding steroid dienone is 14. The van der Waals surface area contributed by atoms with Gasteiger partial charge in [-0.25, -0.2) is 22.5 Å². The van der Waals surface area contributed by atoms with E-state index < -0.39 is 0 Å². The molecule has 0 radical (unpaired) electrons. The van der Waals surface area contributed by atoms with E-state index in [4.69, 9.17) is 37.9 Å². The molecule has 16 rings (SSSR count). The van der Waals surface area contributed by atoms with Crippen molar-refractivity contribution in [2.45, 2.75) is 105 Å². The molecule has 4 heterocycles. The van der Waals surface area contributed by atoms with Crippen molar-refractivity contribution in [3.05, 3.63) is 305 Å². The standard InChI is InChI=1S/C28H26FNO4.2C27H26FNO4.C25H23FN2O4/c1-17-22(9-7-21(31)11-18-5-4-10-30-16-18)25-15-20(29)6-8-23(25)24(17)12-19-13-26(33-2)28(32)27(14-19)34-3;2*1-16-21(7-5-20(30)10-17-8-9-29-15-17)24-14-19(28)4-6-22(24)23(16)11-18-12-25(32-2)27(31)26(13-18)33-3;1-14-17(6-7-22(29)21-12-27-13-28-21)20-11-16(26)4-5-18(20)19(14)8-15-9-23(31-2)25(30)24(10-15)32-3/h4-6,8,10,12-16,32H,7,9,11H2,1-3H3;4,6,9,11-15,31H,5,7-8,10H2,1-3H3;4,6,8-9,11-14,31H,5,7,10,15H2,1-3H3;4-5,8-13,30H,6-7H2,1-3H3,(H,27,28). The smallest absolute Gasteiger partial charge is 0.200 e. The number of phenols is 4. The molecule has 0 saturated heterocycles. The van der Waals surface area contributed by atoms with Gasteiger partial charge in [-0.1, -0.05) is 30.3 Å². The van der Waals surface area contributed by atoms with E-state index in [1.54, 1.807) is 104 Å². The molecule has 5 N–H and O–H groups in total. The van der Waals surface area contributed by atoms with Crippen LogP contribution in [0.4, 0.5) is 17.6 Å². The molecule has 21 nitrogen and oxygen atoms in total. The van der Waals surface area contributed by atoms with Crippen LogP contribution in [0.25, 0.3) is 68.9 Å². The summed E-state index contributed by atoms with van der Waals surface area (Å²) in [4.78, 5) is 69.1. The highest BCUT2D eigenvalue weighted by atomic mass is 19.1.